The van der Waals surface area contributed by atoms with E-state index < -0.39 is 0 Å². The fourth-order valence-electron chi connectivity index (χ4n) is 4.89. The molecular formula is C21H34N6. The molecule has 6 nitrogen and oxygen atoms in total. The van der Waals surface area contributed by atoms with E-state index in [0.29, 0.717) is 18.1 Å². The van der Waals surface area contributed by atoms with E-state index in [2.05, 4.69) is 51.3 Å². The Morgan fingerprint density at radius 2 is 1.89 bits per heavy atom. The number of likely N-dealkylation sites (tertiary alicyclic amines) is 2. The standard InChI is InChI=1S/C21H34N6/c1-17(2)24-10-7-19(8-11-24)27-15-14-26(21(27)20(16-22)23-4)13-12-25-9-5-6-18(25)3/h17-19H,5-15H2,1-3H3/b21-20+/t18-/m1/s1. The van der Waals surface area contributed by atoms with Gasteiger partial charge in [-0.05, 0) is 53.0 Å². The van der Waals surface area contributed by atoms with Crippen molar-refractivity contribution in [3.63, 3.8) is 0 Å². The highest BCUT2D eigenvalue weighted by Gasteiger charge is 2.35. The van der Waals surface area contributed by atoms with Crippen molar-refractivity contribution in [2.24, 2.45) is 0 Å². The number of hydrogen-bond donors (Lipinski definition) is 0. The van der Waals surface area contributed by atoms with Gasteiger partial charge in [-0.25, -0.2) is 10.1 Å². The van der Waals surface area contributed by atoms with Crippen molar-refractivity contribution in [1.82, 2.24) is 19.6 Å². The number of nitriles is 1. The second-order valence-corrected chi connectivity index (χ2v) is 8.46. The molecule has 0 spiro atoms. The summed E-state index contributed by atoms with van der Waals surface area (Å²) >= 11 is 0. The summed E-state index contributed by atoms with van der Waals surface area (Å²) in [5, 5.41) is 9.56. The number of rotatable bonds is 5. The first-order chi connectivity index (χ1) is 13.0. The number of nitrogens with zero attached hydrogens (tertiary/aromatic N) is 6. The number of piperidine rings is 1. The second-order valence-electron chi connectivity index (χ2n) is 8.46. The minimum absolute atomic E-state index is 0.272. The predicted molar refractivity (Wildman–Crippen MR) is 108 cm³/mol. The Bertz CT molecular complexity index is 604. The molecule has 1 atom stereocenters. The lowest BCUT2D eigenvalue weighted by Gasteiger charge is -2.40. The van der Waals surface area contributed by atoms with Gasteiger partial charge in [-0.1, -0.05) is 0 Å². The third-order valence-electron chi connectivity index (χ3n) is 6.63. The molecule has 3 aliphatic heterocycles. The molecule has 0 bridgehead atoms. The summed E-state index contributed by atoms with van der Waals surface area (Å²) in [4.78, 5) is 13.3. The largest absolute Gasteiger partial charge is 0.363 e. The van der Waals surface area contributed by atoms with Crippen LogP contribution < -0.4 is 0 Å². The monoisotopic (exact) mass is 370 g/mol. The van der Waals surface area contributed by atoms with Crippen molar-refractivity contribution >= 4 is 0 Å². The van der Waals surface area contributed by atoms with Crippen molar-refractivity contribution in [2.75, 3.05) is 45.8 Å². The van der Waals surface area contributed by atoms with Gasteiger partial charge in [0, 0.05) is 57.4 Å². The molecule has 6 heteroatoms. The van der Waals surface area contributed by atoms with Crippen LogP contribution in [-0.2, 0) is 0 Å². The zero-order valence-electron chi connectivity index (χ0n) is 17.2. The van der Waals surface area contributed by atoms with Gasteiger partial charge in [-0.2, -0.15) is 0 Å². The maximum Gasteiger partial charge on any atom is 0.300 e. The van der Waals surface area contributed by atoms with Crippen LogP contribution in [0.15, 0.2) is 11.5 Å². The molecule has 3 heterocycles. The summed E-state index contributed by atoms with van der Waals surface area (Å²) in [6, 6.07) is 3.88. The van der Waals surface area contributed by atoms with E-state index in [0.717, 1.165) is 57.9 Å². The SMILES string of the molecule is [C-]#[N+]/C(C#N)=C1\N(CCN2CCC[C@H]2C)CCN1C1CCN(C(C)C)CC1. The summed E-state index contributed by atoms with van der Waals surface area (Å²) in [7, 11) is 0. The number of hydrogen-bond acceptors (Lipinski definition) is 5. The van der Waals surface area contributed by atoms with E-state index in [1.165, 1.54) is 19.4 Å². The normalized spacial score (nSPS) is 27.3. The van der Waals surface area contributed by atoms with Gasteiger partial charge in [0.25, 0.3) is 0 Å². The number of allylic oxidation sites excluding steroid dienone is 1. The molecule has 0 saturated carbocycles. The van der Waals surface area contributed by atoms with E-state index in [-0.39, 0.29) is 5.70 Å². The zero-order valence-corrected chi connectivity index (χ0v) is 17.2. The van der Waals surface area contributed by atoms with Crippen molar-refractivity contribution in [2.45, 2.75) is 64.6 Å². The molecule has 0 aromatic rings. The van der Waals surface area contributed by atoms with E-state index >= 15 is 0 Å². The Labute approximate surface area is 164 Å². The Kier molecular flexibility index (Phi) is 6.63. The molecule has 0 aliphatic carbocycles. The first-order valence-corrected chi connectivity index (χ1v) is 10.6. The van der Waals surface area contributed by atoms with Crippen molar-refractivity contribution in [1.29, 1.82) is 5.26 Å². The lowest BCUT2D eigenvalue weighted by molar-refractivity contribution is 0.115. The van der Waals surface area contributed by atoms with Gasteiger partial charge in [0.2, 0.25) is 0 Å². The van der Waals surface area contributed by atoms with Crippen LogP contribution in [0.3, 0.4) is 0 Å². The molecule has 3 aliphatic rings. The highest BCUT2D eigenvalue weighted by Crippen LogP contribution is 2.30. The summed E-state index contributed by atoms with van der Waals surface area (Å²) < 4.78 is 0. The van der Waals surface area contributed by atoms with Crippen LogP contribution in [0.25, 0.3) is 4.85 Å². The third-order valence-corrected chi connectivity index (χ3v) is 6.63. The van der Waals surface area contributed by atoms with E-state index in [9.17, 15) is 5.26 Å². The van der Waals surface area contributed by atoms with Crippen LogP contribution in [0.5, 0.6) is 0 Å². The van der Waals surface area contributed by atoms with E-state index in [1.54, 1.807) is 0 Å². The topological polar surface area (TPSA) is 41.1 Å². The van der Waals surface area contributed by atoms with Crippen LogP contribution >= 0.6 is 0 Å². The van der Waals surface area contributed by atoms with Gasteiger partial charge in [0.05, 0.1) is 12.6 Å². The van der Waals surface area contributed by atoms with E-state index in [1.807, 2.05) is 0 Å². The minimum atomic E-state index is 0.272. The first-order valence-electron chi connectivity index (χ1n) is 10.6. The average molecular weight is 371 g/mol. The highest BCUT2D eigenvalue weighted by atomic mass is 15.4. The summed E-state index contributed by atoms with van der Waals surface area (Å²) in [6.07, 6.45) is 4.81. The fraction of sp³-hybridized carbons (Fsp3) is 0.810. The molecule has 0 aromatic heterocycles. The summed E-state index contributed by atoms with van der Waals surface area (Å²) in [5.74, 6) is 0.905. The lowest BCUT2D eigenvalue weighted by Crippen LogP contribution is -2.46. The molecule has 3 rings (SSSR count). The van der Waals surface area contributed by atoms with Crippen LogP contribution in [0.1, 0.15) is 46.5 Å². The molecule has 0 radical (unpaired) electrons. The maximum atomic E-state index is 9.56. The molecule has 0 N–H and O–H groups in total. The lowest BCUT2D eigenvalue weighted by atomic mass is 10.0. The van der Waals surface area contributed by atoms with Gasteiger partial charge >= 0.3 is 5.70 Å². The van der Waals surface area contributed by atoms with Crippen molar-refractivity contribution in [3.05, 3.63) is 22.9 Å². The Hall–Kier alpha value is -1.76. The molecule has 0 aromatic carbocycles. The Morgan fingerprint density at radius 1 is 1.15 bits per heavy atom. The van der Waals surface area contributed by atoms with Crippen LogP contribution in [0.2, 0.25) is 0 Å². The zero-order chi connectivity index (χ0) is 19.4. The second kappa shape index (κ2) is 8.95. The summed E-state index contributed by atoms with van der Waals surface area (Å²) in [5.41, 5.74) is 0.272. The molecule has 27 heavy (non-hydrogen) atoms. The van der Waals surface area contributed by atoms with Crippen LogP contribution in [-0.4, -0.2) is 83.5 Å². The molecular weight excluding hydrogens is 336 g/mol. The average Bonchev–Trinajstić information content (AvgIpc) is 3.27. The van der Waals surface area contributed by atoms with Gasteiger partial charge in [-0.15, -0.1) is 0 Å². The van der Waals surface area contributed by atoms with Gasteiger partial charge in [-0.3, -0.25) is 4.90 Å². The van der Waals surface area contributed by atoms with Gasteiger partial charge in [0.1, 0.15) is 5.82 Å². The molecule has 3 fully saturated rings. The maximum absolute atomic E-state index is 9.56. The summed E-state index contributed by atoms with van der Waals surface area (Å²) in [6.45, 7) is 21.6. The third kappa shape index (κ3) is 4.39. The van der Waals surface area contributed by atoms with Crippen molar-refractivity contribution < 1.29 is 0 Å². The molecule has 0 unspecified atom stereocenters. The molecule has 0 amide bonds. The minimum Gasteiger partial charge on any atom is -0.363 e. The quantitative estimate of drug-likeness (QED) is 0.550. The highest BCUT2D eigenvalue weighted by molar-refractivity contribution is 5.34. The Balaban J connectivity index is 1.69. The predicted octanol–water partition coefficient (Wildman–Crippen LogP) is 2.57. The van der Waals surface area contributed by atoms with Crippen molar-refractivity contribution in [3.8, 4) is 6.07 Å². The van der Waals surface area contributed by atoms with E-state index in [4.69, 9.17) is 6.57 Å². The van der Waals surface area contributed by atoms with Gasteiger partial charge < -0.3 is 14.7 Å². The first kappa shape index (κ1) is 20.0. The fourth-order valence-corrected chi connectivity index (χ4v) is 4.89. The smallest absolute Gasteiger partial charge is 0.300 e. The van der Waals surface area contributed by atoms with Crippen LogP contribution in [0, 0.1) is 17.9 Å². The molecule has 3 saturated heterocycles. The molecule has 148 valence electrons. The van der Waals surface area contributed by atoms with Crippen LogP contribution in [0.4, 0.5) is 0 Å². The van der Waals surface area contributed by atoms with Gasteiger partial charge in [0.15, 0.2) is 0 Å². The Morgan fingerprint density at radius 3 is 2.44 bits per heavy atom.